The summed E-state index contributed by atoms with van der Waals surface area (Å²) in [5, 5.41) is 9.97. The number of aryl methyl sites for hydroxylation is 1. The predicted octanol–water partition coefficient (Wildman–Crippen LogP) is 3.35. The third-order valence-electron chi connectivity index (χ3n) is 3.20. The van der Waals surface area contributed by atoms with E-state index in [1.165, 1.54) is 18.2 Å². The molecule has 3 aromatic rings. The number of nitrogens with zero attached hydrogens (tertiary/aromatic N) is 3. The molecule has 0 saturated carbocycles. The van der Waals surface area contributed by atoms with Gasteiger partial charge in [-0.3, -0.25) is 4.98 Å². The molecular weight excluding hydrogens is 257 g/mol. The summed E-state index contributed by atoms with van der Waals surface area (Å²) in [7, 11) is 0. The molecule has 0 saturated heterocycles. The van der Waals surface area contributed by atoms with Crippen LogP contribution in [0.3, 0.4) is 0 Å². The molecule has 4 nitrogen and oxygen atoms in total. The van der Waals surface area contributed by atoms with Crippen molar-refractivity contribution in [2.45, 2.75) is 19.9 Å². The number of imidazole rings is 1. The number of aromatic hydroxyl groups is 1. The zero-order valence-corrected chi connectivity index (χ0v) is 11.0. The first kappa shape index (κ1) is 12.6. The third-order valence-corrected chi connectivity index (χ3v) is 3.20. The van der Waals surface area contributed by atoms with Gasteiger partial charge in [-0.25, -0.2) is 9.37 Å². The lowest BCUT2D eigenvalue weighted by Crippen LogP contribution is -2.00. The lowest BCUT2D eigenvalue weighted by molar-refractivity contribution is 0.474. The van der Waals surface area contributed by atoms with Gasteiger partial charge in [-0.1, -0.05) is 6.92 Å². The number of hydrogen-bond donors (Lipinski definition) is 1. The minimum absolute atomic E-state index is 0.0204. The Morgan fingerprint density at radius 1 is 1.30 bits per heavy atom. The molecule has 5 heteroatoms. The Balaban J connectivity index is 2.29. The van der Waals surface area contributed by atoms with Crippen LogP contribution in [0.4, 0.5) is 4.39 Å². The number of phenols is 1. The van der Waals surface area contributed by atoms with Gasteiger partial charge in [-0.05, 0) is 30.7 Å². The Kier molecular flexibility index (Phi) is 3.10. The zero-order chi connectivity index (χ0) is 14.1. The molecule has 0 bridgehead atoms. The van der Waals surface area contributed by atoms with Gasteiger partial charge < -0.3 is 9.67 Å². The Morgan fingerprint density at radius 3 is 2.95 bits per heavy atom. The van der Waals surface area contributed by atoms with Crippen LogP contribution in [-0.4, -0.2) is 19.6 Å². The summed E-state index contributed by atoms with van der Waals surface area (Å²) < 4.78 is 15.4. The highest BCUT2D eigenvalue weighted by molar-refractivity contribution is 5.81. The number of benzene rings is 1. The average molecular weight is 271 g/mol. The maximum atomic E-state index is 13.4. The maximum absolute atomic E-state index is 13.4. The quantitative estimate of drug-likeness (QED) is 0.794. The molecule has 0 aliphatic heterocycles. The SMILES string of the molecule is CCCn1c(-c2cc(F)ccc2O)nc2cnccc21. The summed E-state index contributed by atoms with van der Waals surface area (Å²) in [5.41, 5.74) is 2.06. The van der Waals surface area contributed by atoms with Crippen molar-refractivity contribution in [1.29, 1.82) is 0 Å². The van der Waals surface area contributed by atoms with Crippen LogP contribution in [0.1, 0.15) is 13.3 Å². The molecular formula is C15H14FN3O. The summed E-state index contributed by atoms with van der Waals surface area (Å²) in [6.45, 7) is 2.80. The van der Waals surface area contributed by atoms with Crippen LogP contribution in [0.25, 0.3) is 22.4 Å². The minimum Gasteiger partial charge on any atom is -0.507 e. The van der Waals surface area contributed by atoms with Crippen molar-refractivity contribution in [2.24, 2.45) is 0 Å². The highest BCUT2D eigenvalue weighted by Crippen LogP contribution is 2.31. The van der Waals surface area contributed by atoms with Gasteiger partial charge in [0.25, 0.3) is 0 Å². The van der Waals surface area contributed by atoms with Gasteiger partial charge in [0.05, 0.1) is 17.3 Å². The lowest BCUT2D eigenvalue weighted by Gasteiger charge is -2.09. The normalized spacial score (nSPS) is 11.1. The summed E-state index contributed by atoms with van der Waals surface area (Å²) in [6.07, 6.45) is 4.28. The lowest BCUT2D eigenvalue weighted by atomic mass is 10.2. The summed E-state index contributed by atoms with van der Waals surface area (Å²) in [5.74, 6) is 0.185. The topological polar surface area (TPSA) is 50.9 Å². The van der Waals surface area contributed by atoms with Gasteiger partial charge in [-0.15, -0.1) is 0 Å². The largest absolute Gasteiger partial charge is 0.507 e. The average Bonchev–Trinajstić information content (AvgIpc) is 2.81. The number of pyridine rings is 1. The van der Waals surface area contributed by atoms with Gasteiger partial charge in [0.1, 0.15) is 22.9 Å². The van der Waals surface area contributed by atoms with Gasteiger partial charge in [-0.2, -0.15) is 0 Å². The van der Waals surface area contributed by atoms with Crippen LogP contribution < -0.4 is 0 Å². The molecule has 0 fully saturated rings. The van der Waals surface area contributed by atoms with E-state index in [9.17, 15) is 9.50 Å². The summed E-state index contributed by atoms with van der Waals surface area (Å²) in [4.78, 5) is 8.53. The van der Waals surface area contributed by atoms with Crippen LogP contribution in [0.15, 0.2) is 36.7 Å². The Labute approximate surface area is 115 Å². The highest BCUT2D eigenvalue weighted by atomic mass is 19.1. The fourth-order valence-corrected chi connectivity index (χ4v) is 2.32. The molecule has 0 spiro atoms. The van der Waals surface area contributed by atoms with Crippen LogP contribution in [0, 0.1) is 5.82 Å². The monoisotopic (exact) mass is 271 g/mol. The highest BCUT2D eigenvalue weighted by Gasteiger charge is 2.15. The Hall–Kier alpha value is -2.43. The van der Waals surface area contributed by atoms with E-state index in [0.29, 0.717) is 11.4 Å². The fourth-order valence-electron chi connectivity index (χ4n) is 2.32. The number of hydrogen-bond acceptors (Lipinski definition) is 3. The second-order valence-electron chi connectivity index (χ2n) is 4.61. The zero-order valence-electron chi connectivity index (χ0n) is 11.0. The van der Waals surface area contributed by atoms with Crippen LogP contribution in [0.2, 0.25) is 0 Å². The number of rotatable bonds is 3. The van der Waals surface area contributed by atoms with E-state index in [4.69, 9.17) is 0 Å². The van der Waals surface area contributed by atoms with Gasteiger partial charge in [0.2, 0.25) is 0 Å². The minimum atomic E-state index is -0.397. The Bertz CT molecular complexity index is 767. The second kappa shape index (κ2) is 4.92. The van der Waals surface area contributed by atoms with Crippen molar-refractivity contribution >= 4 is 11.0 Å². The summed E-state index contributed by atoms with van der Waals surface area (Å²) in [6, 6.07) is 5.75. The standard InChI is InChI=1S/C15H14FN3O/c1-2-7-19-13-5-6-17-9-12(13)18-15(19)11-8-10(16)3-4-14(11)20/h3-6,8-9,20H,2,7H2,1H3. The van der Waals surface area contributed by atoms with E-state index in [1.54, 1.807) is 12.4 Å². The van der Waals surface area contributed by atoms with E-state index in [-0.39, 0.29) is 5.75 Å². The third kappa shape index (κ3) is 2.01. The molecule has 3 rings (SSSR count). The number of halogens is 1. The number of fused-ring (bicyclic) bond motifs is 1. The van der Waals surface area contributed by atoms with Crippen LogP contribution >= 0.6 is 0 Å². The van der Waals surface area contributed by atoms with Crippen LogP contribution in [-0.2, 0) is 6.54 Å². The maximum Gasteiger partial charge on any atom is 0.145 e. The van der Waals surface area contributed by atoms with Crippen molar-refractivity contribution in [3.63, 3.8) is 0 Å². The molecule has 1 N–H and O–H groups in total. The van der Waals surface area contributed by atoms with Crippen molar-refractivity contribution in [3.8, 4) is 17.1 Å². The first-order valence-electron chi connectivity index (χ1n) is 6.50. The smallest absolute Gasteiger partial charge is 0.145 e. The molecule has 1 aromatic carbocycles. The Morgan fingerprint density at radius 2 is 2.15 bits per heavy atom. The van der Waals surface area contributed by atoms with Crippen molar-refractivity contribution in [3.05, 3.63) is 42.5 Å². The molecule has 2 heterocycles. The predicted molar refractivity (Wildman–Crippen MR) is 74.9 cm³/mol. The summed E-state index contributed by atoms with van der Waals surface area (Å²) >= 11 is 0. The molecule has 0 amide bonds. The first-order valence-corrected chi connectivity index (χ1v) is 6.50. The molecule has 0 aliphatic rings. The number of phenolic OH excluding ortho intramolecular Hbond substituents is 1. The van der Waals surface area contributed by atoms with E-state index in [1.807, 2.05) is 10.6 Å². The van der Waals surface area contributed by atoms with Crippen molar-refractivity contribution in [1.82, 2.24) is 14.5 Å². The van der Waals surface area contributed by atoms with E-state index in [0.717, 1.165) is 24.0 Å². The van der Waals surface area contributed by atoms with Gasteiger partial charge in [0, 0.05) is 12.7 Å². The van der Waals surface area contributed by atoms with Crippen molar-refractivity contribution in [2.75, 3.05) is 0 Å². The van der Waals surface area contributed by atoms with Gasteiger partial charge in [0.15, 0.2) is 0 Å². The van der Waals surface area contributed by atoms with E-state index in [2.05, 4.69) is 16.9 Å². The van der Waals surface area contributed by atoms with E-state index < -0.39 is 5.82 Å². The van der Waals surface area contributed by atoms with Crippen molar-refractivity contribution < 1.29 is 9.50 Å². The number of aromatic nitrogens is 3. The fraction of sp³-hybridized carbons (Fsp3) is 0.200. The van der Waals surface area contributed by atoms with Gasteiger partial charge >= 0.3 is 0 Å². The molecule has 0 aliphatic carbocycles. The van der Waals surface area contributed by atoms with E-state index >= 15 is 0 Å². The van der Waals surface area contributed by atoms with Crippen LogP contribution in [0.5, 0.6) is 5.75 Å². The molecule has 102 valence electrons. The molecule has 0 radical (unpaired) electrons. The molecule has 0 atom stereocenters. The molecule has 2 aromatic heterocycles. The second-order valence-corrected chi connectivity index (χ2v) is 4.61. The molecule has 0 unspecified atom stereocenters. The molecule has 20 heavy (non-hydrogen) atoms. The first-order chi connectivity index (χ1) is 9.70.